The summed E-state index contributed by atoms with van der Waals surface area (Å²) < 4.78 is 1.87. The number of hydrogen-bond acceptors (Lipinski definition) is 5. The summed E-state index contributed by atoms with van der Waals surface area (Å²) in [7, 11) is 0. The monoisotopic (exact) mass is 447 g/mol. The Morgan fingerprint density at radius 3 is 2.80 bits per heavy atom. The Hall–Kier alpha value is -1.57. The van der Waals surface area contributed by atoms with Gasteiger partial charge in [0.2, 0.25) is 5.91 Å². The van der Waals surface area contributed by atoms with E-state index in [2.05, 4.69) is 15.1 Å². The molecule has 1 saturated heterocycles. The number of amides is 1. The molecule has 1 aromatic carbocycles. The average Bonchev–Trinajstić information content (AvgIpc) is 3.11. The van der Waals surface area contributed by atoms with Gasteiger partial charge in [0.25, 0.3) is 0 Å². The highest BCUT2D eigenvalue weighted by molar-refractivity contribution is 7.99. The van der Waals surface area contributed by atoms with E-state index in [-0.39, 0.29) is 5.91 Å². The third kappa shape index (κ3) is 5.77. The quantitative estimate of drug-likeness (QED) is 0.623. The molecule has 2 fully saturated rings. The minimum Gasteiger partial charge on any atom is -0.341 e. The molecule has 1 amide bonds. The molecule has 1 aliphatic heterocycles. The fourth-order valence-corrected chi connectivity index (χ4v) is 5.50. The van der Waals surface area contributed by atoms with Crippen molar-refractivity contribution >= 4 is 29.3 Å². The summed E-state index contributed by atoms with van der Waals surface area (Å²) in [5.41, 5.74) is 0.899. The van der Waals surface area contributed by atoms with Gasteiger partial charge >= 0.3 is 0 Å². The number of halogens is 1. The van der Waals surface area contributed by atoms with E-state index in [1.807, 2.05) is 33.7 Å². The molecule has 8 heteroatoms. The number of aromatic nitrogens is 3. The van der Waals surface area contributed by atoms with Crippen molar-refractivity contribution in [3.8, 4) is 5.69 Å². The van der Waals surface area contributed by atoms with E-state index >= 15 is 0 Å². The highest BCUT2D eigenvalue weighted by Crippen LogP contribution is 2.25. The van der Waals surface area contributed by atoms with Gasteiger partial charge in [0.15, 0.2) is 5.16 Å². The molecule has 0 radical (unpaired) electrons. The molecule has 2 heterocycles. The Balaban J connectivity index is 1.28. The molecular weight excluding hydrogens is 418 g/mol. The van der Waals surface area contributed by atoms with Crippen LogP contribution in [0.3, 0.4) is 0 Å². The van der Waals surface area contributed by atoms with Crippen molar-refractivity contribution in [2.24, 2.45) is 5.92 Å². The van der Waals surface area contributed by atoms with E-state index in [1.165, 1.54) is 50.4 Å². The molecule has 0 atom stereocenters. The molecule has 162 valence electrons. The first-order valence-corrected chi connectivity index (χ1v) is 12.3. The maximum atomic E-state index is 12.9. The van der Waals surface area contributed by atoms with Crippen LogP contribution in [0.4, 0.5) is 0 Å². The average molecular weight is 448 g/mol. The molecule has 0 unspecified atom stereocenters. The fraction of sp³-hybridized carbons (Fsp3) is 0.591. The van der Waals surface area contributed by atoms with Gasteiger partial charge in [-0.2, -0.15) is 0 Å². The maximum Gasteiger partial charge on any atom is 0.233 e. The van der Waals surface area contributed by atoms with Gasteiger partial charge in [-0.3, -0.25) is 9.36 Å². The van der Waals surface area contributed by atoms with Crippen LogP contribution >= 0.6 is 23.4 Å². The van der Waals surface area contributed by atoms with Gasteiger partial charge in [0, 0.05) is 31.2 Å². The molecule has 4 rings (SSSR count). The van der Waals surface area contributed by atoms with Crippen LogP contribution in [0.1, 0.15) is 38.5 Å². The number of thioether (sulfide) groups is 1. The molecular formula is C22H30ClN5OS. The smallest absolute Gasteiger partial charge is 0.233 e. The van der Waals surface area contributed by atoms with Crippen LogP contribution in [0.5, 0.6) is 0 Å². The van der Waals surface area contributed by atoms with E-state index in [4.69, 9.17) is 11.6 Å². The zero-order valence-electron chi connectivity index (χ0n) is 17.4. The number of rotatable bonds is 6. The third-order valence-electron chi connectivity index (χ3n) is 6.11. The third-order valence-corrected chi connectivity index (χ3v) is 7.27. The van der Waals surface area contributed by atoms with Crippen LogP contribution in [0.2, 0.25) is 5.02 Å². The fourth-order valence-electron chi connectivity index (χ4n) is 4.48. The summed E-state index contributed by atoms with van der Waals surface area (Å²) in [4.78, 5) is 17.5. The minimum atomic E-state index is 0.181. The lowest BCUT2D eigenvalue weighted by Gasteiger charge is -2.28. The molecule has 0 N–H and O–H groups in total. The van der Waals surface area contributed by atoms with Crippen molar-refractivity contribution in [2.45, 2.75) is 43.7 Å². The van der Waals surface area contributed by atoms with E-state index in [0.29, 0.717) is 15.9 Å². The Bertz CT molecular complexity index is 838. The topological polar surface area (TPSA) is 54.3 Å². The molecule has 0 bridgehead atoms. The van der Waals surface area contributed by atoms with Crippen LogP contribution in [0.15, 0.2) is 35.7 Å². The first-order valence-electron chi connectivity index (χ1n) is 11.0. The molecule has 1 aromatic heterocycles. The first kappa shape index (κ1) is 21.7. The van der Waals surface area contributed by atoms with E-state index < -0.39 is 0 Å². The molecule has 0 spiro atoms. The van der Waals surface area contributed by atoms with Crippen LogP contribution in [-0.4, -0.2) is 68.9 Å². The highest BCUT2D eigenvalue weighted by Gasteiger charge is 2.22. The van der Waals surface area contributed by atoms with Crippen molar-refractivity contribution in [2.75, 3.05) is 38.5 Å². The van der Waals surface area contributed by atoms with Crippen molar-refractivity contribution in [1.29, 1.82) is 0 Å². The summed E-state index contributed by atoms with van der Waals surface area (Å²) in [5.74, 6) is 1.41. The number of benzene rings is 1. The van der Waals surface area contributed by atoms with Crippen molar-refractivity contribution in [3.05, 3.63) is 35.6 Å². The van der Waals surface area contributed by atoms with Gasteiger partial charge in [0.1, 0.15) is 6.33 Å². The molecule has 1 saturated carbocycles. The SMILES string of the molecule is O=C(CSc1nncn1-c1cccc(Cl)c1)N1CCCN(CC2CCCCC2)CC1. The Morgan fingerprint density at radius 2 is 1.97 bits per heavy atom. The lowest BCUT2D eigenvalue weighted by Crippen LogP contribution is -2.37. The van der Waals surface area contributed by atoms with Crippen molar-refractivity contribution in [1.82, 2.24) is 24.6 Å². The van der Waals surface area contributed by atoms with Crippen molar-refractivity contribution < 1.29 is 4.79 Å². The summed E-state index contributed by atoms with van der Waals surface area (Å²) in [6, 6.07) is 7.56. The summed E-state index contributed by atoms with van der Waals surface area (Å²) in [5, 5.41) is 9.58. The largest absolute Gasteiger partial charge is 0.341 e. The summed E-state index contributed by atoms with van der Waals surface area (Å²) in [6.45, 7) is 4.98. The second-order valence-corrected chi connectivity index (χ2v) is 9.67. The number of nitrogens with zero attached hydrogens (tertiary/aromatic N) is 5. The molecule has 2 aromatic rings. The van der Waals surface area contributed by atoms with Gasteiger partial charge < -0.3 is 9.80 Å². The van der Waals surface area contributed by atoms with Gasteiger partial charge in [-0.05, 0) is 49.9 Å². The van der Waals surface area contributed by atoms with Gasteiger partial charge in [-0.1, -0.05) is 48.7 Å². The molecule has 1 aliphatic carbocycles. The normalized spacial score (nSPS) is 19.0. The Kier molecular flexibility index (Phi) is 7.68. The highest BCUT2D eigenvalue weighted by atomic mass is 35.5. The molecule has 2 aliphatic rings. The van der Waals surface area contributed by atoms with Crippen LogP contribution in [0.25, 0.3) is 5.69 Å². The van der Waals surface area contributed by atoms with Gasteiger partial charge in [-0.25, -0.2) is 0 Å². The Labute approximate surface area is 188 Å². The lowest BCUT2D eigenvalue weighted by atomic mass is 9.89. The number of hydrogen-bond donors (Lipinski definition) is 0. The first-order chi connectivity index (χ1) is 14.7. The second kappa shape index (κ2) is 10.6. The van der Waals surface area contributed by atoms with E-state index in [0.717, 1.165) is 44.2 Å². The summed E-state index contributed by atoms with van der Waals surface area (Å²) in [6.07, 6.45) is 9.66. The Morgan fingerprint density at radius 1 is 1.10 bits per heavy atom. The number of carbonyl (C=O) groups is 1. The molecule has 30 heavy (non-hydrogen) atoms. The predicted molar refractivity (Wildman–Crippen MR) is 121 cm³/mol. The zero-order chi connectivity index (χ0) is 20.8. The van der Waals surface area contributed by atoms with Crippen LogP contribution in [-0.2, 0) is 4.79 Å². The standard InChI is InChI=1S/C22H30ClN5OS/c23-19-8-4-9-20(14-19)28-17-24-25-22(28)30-16-21(29)27-11-5-10-26(12-13-27)15-18-6-2-1-3-7-18/h4,8-9,14,17-18H,1-3,5-7,10-13,15-16H2. The minimum absolute atomic E-state index is 0.181. The maximum absolute atomic E-state index is 12.9. The van der Waals surface area contributed by atoms with Gasteiger partial charge in [0.05, 0.1) is 11.4 Å². The molecule has 6 nitrogen and oxygen atoms in total. The van der Waals surface area contributed by atoms with Gasteiger partial charge in [-0.15, -0.1) is 10.2 Å². The lowest BCUT2D eigenvalue weighted by molar-refractivity contribution is -0.128. The zero-order valence-corrected chi connectivity index (χ0v) is 19.0. The van der Waals surface area contributed by atoms with E-state index in [1.54, 1.807) is 6.33 Å². The van der Waals surface area contributed by atoms with Crippen molar-refractivity contribution in [3.63, 3.8) is 0 Å². The predicted octanol–water partition coefficient (Wildman–Crippen LogP) is 4.13. The van der Waals surface area contributed by atoms with Crippen LogP contribution in [0, 0.1) is 5.92 Å². The van der Waals surface area contributed by atoms with Crippen LogP contribution < -0.4 is 0 Å². The summed E-state index contributed by atoms with van der Waals surface area (Å²) >= 11 is 7.54. The van der Waals surface area contributed by atoms with E-state index in [9.17, 15) is 4.79 Å². The second-order valence-electron chi connectivity index (χ2n) is 8.29. The number of carbonyl (C=O) groups excluding carboxylic acids is 1.